The predicted molar refractivity (Wildman–Crippen MR) is 105 cm³/mol. The van der Waals surface area contributed by atoms with E-state index in [1.54, 1.807) is 12.1 Å². The maximum absolute atomic E-state index is 12.3. The first-order chi connectivity index (χ1) is 12.5. The molecule has 1 aliphatic rings. The summed E-state index contributed by atoms with van der Waals surface area (Å²) in [4.78, 5) is 16.8. The Morgan fingerprint density at radius 1 is 1.15 bits per heavy atom. The summed E-state index contributed by atoms with van der Waals surface area (Å²) in [7, 11) is 0. The number of amides is 1. The van der Waals surface area contributed by atoms with Gasteiger partial charge in [0.25, 0.3) is 0 Å². The van der Waals surface area contributed by atoms with Crippen LogP contribution in [0.25, 0.3) is 0 Å². The number of carbonyl (C=O) groups excluding carboxylic acids is 1. The standard InChI is InChI=1S/C20H24ClN3O2/c1-15(16-3-2-4-17(21)13-16)22-20(26)14-23-9-11-24(12-10-23)18-5-7-19(25)8-6-18/h2-8,13,15,25H,9-12,14H2,1H3,(H,22,26)/t15-/m0/s1. The van der Waals surface area contributed by atoms with E-state index in [4.69, 9.17) is 11.6 Å². The van der Waals surface area contributed by atoms with Gasteiger partial charge in [-0.25, -0.2) is 0 Å². The molecule has 26 heavy (non-hydrogen) atoms. The van der Waals surface area contributed by atoms with E-state index in [9.17, 15) is 9.90 Å². The number of halogens is 1. The van der Waals surface area contributed by atoms with E-state index < -0.39 is 0 Å². The molecular weight excluding hydrogens is 350 g/mol. The lowest BCUT2D eigenvalue weighted by Gasteiger charge is -2.35. The fourth-order valence-corrected chi connectivity index (χ4v) is 3.38. The van der Waals surface area contributed by atoms with Gasteiger partial charge in [0, 0.05) is 36.9 Å². The lowest BCUT2D eigenvalue weighted by Crippen LogP contribution is -2.49. The Hall–Kier alpha value is -2.24. The molecule has 2 aromatic carbocycles. The highest BCUT2D eigenvalue weighted by atomic mass is 35.5. The van der Waals surface area contributed by atoms with Gasteiger partial charge in [0.1, 0.15) is 5.75 Å². The van der Waals surface area contributed by atoms with Crippen LogP contribution in [0, 0.1) is 0 Å². The molecule has 0 aromatic heterocycles. The maximum Gasteiger partial charge on any atom is 0.234 e. The van der Waals surface area contributed by atoms with Crippen LogP contribution in [0.4, 0.5) is 5.69 Å². The predicted octanol–water partition coefficient (Wildman–Crippen LogP) is 3.05. The minimum atomic E-state index is -0.0699. The van der Waals surface area contributed by atoms with Crippen LogP contribution in [-0.4, -0.2) is 48.6 Å². The fourth-order valence-electron chi connectivity index (χ4n) is 3.18. The van der Waals surface area contributed by atoms with Crippen molar-refractivity contribution in [3.63, 3.8) is 0 Å². The van der Waals surface area contributed by atoms with Crippen LogP contribution in [0.15, 0.2) is 48.5 Å². The van der Waals surface area contributed by atoms with Crippen LogP contribution in [0.1, 0.15) is 18.5 Å². The number of nitrogens with one attached hydrogen (secondary N) is 1. The number of phenols is 1. The summed E-state index contributed by atoms with van der Waals surface area (Å²) >= 11 is 6.01. The zero-order valence-corrected chi connectivity index (χ0v) is 15.6. The number of aromatic hydroxyl groups is 1. The number of hydrogen-bond donors (Lipinski definition) is 2. The number of anilines is 1. The Bertz CT molecular complexity index is 743. The summed E-state index contributed by atoms with van der Waals surface area (Å²) in [5.74, 6) is 0.299. The smallest absolute Gasteiger partial charge is 0.234 e. The van der Waals surface area contributed by atoms with Crippen molar-refractivity contribution in [2.75, 3.05) is 37.6 Å². The normalized spacial score (nSPS) is 16.3. The van der Waals surface area contributed by atoms with Gasteiger partial charge >= 0.3 is 0 Å². The first-order valence-corrected chi connectivity index (χ1v) is 9.20. The van der Waals surface area contributed by atoms with Crippen molar-refractivity contribution in [2.45, 2.75) is 13.0 Å². The Kier molecular flexibility index (Phi) is 6.01. The van der Waals surface area contributed by atoms with Gasteiger partial charge in [-0.15, -0.1) is 0 Å². The second-order valence-corrected chi connectivity index (χ2v) is 7.06. The van der Waals surface area contributed by atoms with Crippen LogP contribution >= 0.6 is 11.6 Å². The highest BCUT2D eigenvalue weighted by Crippen LogP contribution is 2.20. The molecular formula is C20H24ClN3O2. The fraction of sp³-hybridized carbons (Fsp3) is 0.350. The third kappa shape index (κ3) is 4.90. The van der Waals surface area contributed by atoms with Crippen molar-refractivity contribution in [2.24, 2.45) is 0 Å². The summed E-state index contributed by atoms with van der Waals surface area (Å²) in [6.45, 7) is 5.75. The Balaban J connectivity index is 1.46. The third-order valence-corrected chi connectivity index (χ3v) is 4.92. The molecule has 0 aliphatic carbocycles. The van der Waals surface area contributed by atoms with Crippen LogP contribution in [-0.2, 0) is 4.79 Å². The molecule has 0 saturated carbocycles. The van der Waals surface area contributed by atoms with Crippen LogP contribution in [0.2, 0.25) is 5.02 Å². The highest BCUT2D eigenvalue weighted by molar-refractivity contribution is 6.30. The second-order valence-electron chi connectivity index (χ2n) is 6.62. The Labute approximate surface area is 159 Å². The number of hydrogen-bond acceptors (Lipinski definition) is 4. The van der Waals surface area contributed by atoms with Gasteiger partial charge in [-0.3, -0.25) is 9.69 Å². The van der Waals surface area contributed by atoms with Gasteiger partial charge in [-0.05, 0) is 48.9 Å². The molecule has 1 amide bonds. The van der Waals surface area contributed by atoms with E-state index in [1.807, 2.05) is 43.3 Å². The minimum Gasteiger partial charge on any atom is -0.508 e. The molecule has 1 fully saturated rings. The van der Waals surface area contributed by atoms with Crippen LogP contribution in [0.3, 0.4) is 0 Å². The van der Waals surface area contributed by atoms with E-state index in [1.165, 1.54) is 0 Å². The van der Waals surface area contributed by atoms with Gasteiger partial charge in [-0.1, -0.05) is 23.7 Å². The van der Waals surface area contributed by atoms with Crippen molar-refractivity contribution < 1.29 is 9.90 Å². The largest absolute Gasteiger partial charge is 0.508 e. The molecule has 1 saturated heterocycles. The van der Waals surface area contributed by atoms with Crippen LogP contribution in [0.5, 0.6) is 5.75 Å². The van der Waals surface area contributed by atoms with Crippen molar-refractivity contribution in [3.8, 4) is 5.75 Å². The average Bonchev–Trinajstić information content (AvgIpc) is 2.63. The molecule has 138 valence electrons. The summed E-state index contributed by atoms with van der Waals surface area (Å²) in [5.41, 5.74) is 2.10. The van der Waals surface area contributed by atoms with Gasteiger partial charge in [0.2, 0.25) is 5.91 Å². The summed E-state index contributed by atoms with van der Waals surface area (Å²) < 4.78 is 0. The molecule has 5 nitrogen and oxygen atoms in total. The summed E-state index contributed by atoms with van der Waals surface area (Å²) in [6.07, 6.45) is 0. The molecule has 1 aliphatic heterocycles. The SMILES string of the molecule is C[C@H](NC(=O)CN1CCN(c2ccc(O)cc2)CC1)c1cccc(Cl)c1. The first kappa shape index (κ1) is 18.5. The lowest BCUT2D eigenvalue weighted by molar-refractivity contribution is -0.123. The maximum atomic E-state index is 12.3. The number of piperazine rings is 1. The number of carbonyl (C=O) groups is 1. The van der Waals surface area contributed by atoms with Gasteiger partial charge in [0.05, 0.1) is 12.6 Å². The molecule has 0 bridgehead atoms. The van der Waals surface area contributed by atoms with E-state index in [0.29, 0.717) is 11.6 Å². The van der Waals surface area contributed by atoms with Crippen molar-refractivity contribution in [1.29, 1.82) is 0 Å². The second kappa shape index (κ2) is 8.43. The number of rotatable bonds is 5. The number of benzene rings is 2. The monoisotopic (exact) mass is 373 g/mol. The zero-order valence-electron chi connectivity index (χ0n) is 14.9. The number of nitrogens with zero attached hydrogens (tertiary/aromatic N) is 2. The molecule has 1 atom stereocenters. The highest BCUT2D eigenvalue weighted by Gasteiger charge is 2.20. The van der Waals surface area contributed by atoms with Crippen molar-refractivity contribution in [1.82, 2.24) is 10.2 Å². The van der Waals surface area contributed by atoms with Gasteiger partial charge < -0.3 is 15.3 Å². The average molecular weight is 374 g/mol. The minimum absolute atomic E-state index is 0.0237. The molecule has 3 rings (SSSR count). The topological polar surface area (TPSA) is 55.8 Å². The molecule has 0 spiro atoms. The summed E-state index contributed by atoms with van der Waals surface area (Å²) in [6, 6.07) is 14.7. The zero-order chi connectivity index (χ0) is 18.5. The first-order valence-electron chi connectivity index (χ1n) is 8.82. The van der Waals surface area contributed by atoms with E-state index in [-0.39, 0.29) is 17.7 Å². The molecule has 2 aromatic rings. The Morgan fingerprint density at radius 2 is 1.85 bits per heavy atom. The third-order valence-electron chi connectivity index (χ3n) is 4.68. The van der Waals surface area contributed by atoms with Crippen molar-refractivity contribution >= 4 is 23.2 Å². The molecule has 6 heteroatoms. The lowest BCUT2D eigenvalue weighted by atomic mass is 10.1. The summed E-state index contributed by atoms with van der Waals surface area (Å²) in [5, 5.41) is 13.1. The molecule has 2 N–H and O–H groups in total. The Morgan fingerprint density at radius 3 is 2.50 bits per heavy atom. The molecule has 0 unspecified atom stereocenters. The van der Waals surface area contributed by atoms with Crippen LogP contribution < -0.4 is 10.2 Å². The quantitative estimate of drug-likeness (QED) is 0.845. The van der Waals surface area contributed by atoms with E-state index >= 15 is 0 Å². The van der Waals surface area contributed by atoms with Crippen molar-refractivity contribution in [3.05, 3.63) is 59.1 Å². The van der Waals surface area contributed by atoms with E-state index in [0.717, 1.165) is 37.4 Å². The molecule has 0 radical (unpaired) electrons. The van der Waals surface area contributed by atoms with Gasteiger partial charge in [-0.2, -0.15) is 0 Å². The van der Waals surface area contributed by atoms with Gasteiger partial charge in [0.15, 0.2) is 0 Å². The number of phenolic OH excluding ortho intramolecular Hbond substituents is 1. The van der Waals surface area contributed by atoms with E-state index in [2.05, 4.69) is 15.1 Å². The molecule has 1 heterocycles.